The fourth-order valence-electron chi connectivity index (χ4n) is 1.38. The SMILES string of the molecule is COCCCC(=O)NC(C)CCC(C)C. The molecule has 0 rings (SSSR count). The predicted octanol–water partition coefficient (Wildman–Crippen LogP) is 2.35. The summed E-state index contributed by atoms with van der Waals surface area (Å²) in [5.41, 5.74) is 0. The molecule has 1 N–H and O–H groups in total. The Kier molecular flexibility index (Phi) is 8.38. The van der Waals surface area contributed by atoms with Gasteiger partial charge in [0, 0.05) is 26.2 Å². The average molecular weight is 215 g/mol. The number of carbonyl (C=O) groups is 1. The van der Waals surface area contributed by atoms with Crippen LogP contribution in [0.3, 0.4) is 0 Å². The van der Waals surface area contributed by atoms with E-state index in [1.165, 1.54) is 6.42 Å². The van der Waals surface area contributed by atoms with Gasteiger partial charge in [-0.05, 0) is 32.1 Å². The molecule has 0 aliphatic rings. The molecule has 0 fully saturated rings. The molecular weight excluding hydrogens is 190 g/mol. The van der Waals surface area contributed by atoms with Gasteiger partial charge in [-0.3, -0.25) is 4.79 Å². The van der Waals surface area contributed by atoms with Crippen LogP contribution in [-0.2, 0) is 9.53 Å². The quantitative estimate of drug-likeness (QED) is 0.631. The van der Waals surface area contributed by atoms with Crippen LogP contribution in [0.1, 0.15) is 46.5 Å². The van der Waals surface area contributed by atoms with E-state index < -0.39 is 0 Å². The second-order valence-electron chi connectivity index (χ2n) is 4.54. The van der Waals surface area contributed by atoms with Crippen LogP contribution >= 0.6 is 0 Å². The lowest BCUT2D eigenvalue weighted by Crippen LogP contribution is -2.32. The first-order valence-corrected chi connectivity index (χ1v) is 5.84. The molecule has 15 heavy (non-hydrogen) atoms. The summed E-state index contributed by atoms with van der Waals surface area (Å²) in [4.78, 5) is 11.4. The molecule has 0 aliphatic carbocycles. The van der Waals surface area contributed by atoms with Crippen LogP contribution in [0.5, 0.6) is 0 Å². The van der Waals surface area contributed by atoms with E-state index in [1.54, 1.807) is 7.11 Å². The van der Waals surface area contributed by atoms with E-state index in [-0.39, 0.29) is 5.91 Å². The lowest BCUT2D eigenvalue weighted by atomic mass is 10.0. The second kappa shape index (κ2) is 8.72. The highest BCUT2D eigenvalue weighted by atomic mass is 16.5. The van der Waals surface area contributed by atoms with E-state index >= 15 is 0 Å². The lowest BCUT2D eigenvalue weighted by Gasteiger charge is -2.14. The average Bonchev–Trinajstić information content (AvgIpc) is 2.15. The van der Waals surface area contributed by atoms with E-state index in [0.29, 0.717) is 25.0 Å². The Labute approximate surface area is 93.6 Å². The summed E-state index contributed by atoms with van der Waals surface area (Å²) < 4.78 is 4.90. The molecule has 0 aliphatic heterocycles. The fourth-order valence-corrected chi connectivity index (χ4v) is 1.38. The largest absolute Gasteiger partial charge is 0.385 e. The first kappa shape index (κ1) is 14.4. The Morgan fingerprint density at radius 1 is 1.27 bits per heavy atom. The van der Waals surface area contributed by atoms with E-state index in [9.17, 15) is 4.79 Å². The van der Waals surface area contributed by atoms with Crippen LogP contribution in [0.4, 0.5) is 0 Å². The standard InChI is InChI=1S/C12H25NO2/c1-10(2)7-8-11(3)13-12(14)6-5-9-15-4/h10-11H,5-9H2,1-4H3,(H,13,14). The molecule has 0 spiro atoms. The van der Waals surface area contributed by atoms with Gasteiger partial charge in [-0.1, -0.05) is 13.8 Å². The van der Waals surface area contributed by atoms with Crippen LogP contribution < -0.4 is 5.32 Å². The first-order chi connectivity index (χ1) is 7.06. The van der Waals surface area contributed by atoms with Crippen molar-refractivity contribution in [3.05, 3.63) is 0 Å². The Balaban J connectivity index is 3.49. The second-order valence-corrected chi connectivity index (χ2v) is 4.54. The monoisotopic (exact) mass is 215 g/mol. The number of hydrogen-bond acceptors (Lipinski definition) is 2. The van der Waals surface area contributed by atoms with E-state index in [1.807, 2.05) is 0 Å². The molecule has 1 atom stereocenters. The van der Waals surface area contributed by atoms with Gasteiger partial charge in [0.2, 0.25) is 5.91 Å². The highest BCUT2D eigenvalue weighted by Crippen LogP contribution is 2.06. The van der Waals surface area contributed by atoms with E-state index in [2.05, 4.69) is 26.1 Å². The highest BCUT2D eigenvalue weighted by molar-refractivity contribution is 5.76. The number of nitrogens with one attached hydrogen (secondary N) is 1. The van der Waals surface area contributed by atoms with Gasteiger partial charge in [0.05, 0.1) is 0 Å². The summed E-state index contributed by atoms with van der Waals surface area (Å²) in [6, 6.07) is 0.294. The van der Waals surface area contributed by atoms with Gasteiger partial charge in [-0.25, -0.2) is 0 Å². The molecular formula is C12H25NO2. The molecule has 0 saturated carbocycles. The Bertz CT molecular complexity index is 169. The minimum absolute atomic E-state index is 0.142. The van der Waals surface area contributed by atoms with E-state index in [0.717, 1.165) is 12.8 Å². The number of rotatable bonds is 8. The molecule has 3 heteroatoms. The maximum atomic E-state index is 11.4. The predicted molar refractivity (Wildman–Crippen MR) is 62.8 cm³/mol. The summed E-state index contributed by atoms with van der Waals surface area (Å²) in [6.45, 7) is 7.13. The summed E-state index contributed by atoms with van der Waals surface area (Å²) in [6.07, 6.45) is 3.60. The first-order valence-electron chi connectivity index (χ1n) is 5.84. The minimum Gasteiger partial charge on any atom is -0.385 e. The summed E-state index contributed by atoms with van der Waals surface area (Å²) >= 11 is 0. The van der Waals surface area contributed by atoms with Gasteiger partial charge in [0.15, 0.2) is 0 Å². The van der Waals surface area contributed by atoms with Gasteiger partial charge < -0.3 is 10.1 Å². The number of amides is 1. The van der Waals surface area contributed by atoms with Gasteiger partial charge >= 0.3 is 0 Å². The van der Waals surface area contributed by atoms with E-state index in [4.69, 9.17) is 4.74 Å². The van der Waals surface area contributed by atoms with Crippen molar-refractivity contribution in [3.8, 4) is 0 Å². The zero-order valence-electron chi connectivity index (χ0n) is 10.5. The Morgan fingerprint density at radius 2 is 1.93 bits per heavy atom. The summed E-state index contributed by atoms with van der Waals surface area (Å²) in [5, 5.41) is 3.00. The van der Waals surface area contributed by atoms with Gasteiger partial charge in [0.1, 0.15) is 0 Å². The lowest BCUT2D eigenvalue weighted by molar-refractivity contribution is -0.122. The number of carbonyl (C=O) groups excluding carboxylic acids is 1. The molecule has 1 amide bonds. The number of hydrogen-bond donors (Lipinski definition) is 1. The fraction of sp³-hybridized carbons (Fsp3) is 0.917. The molecule has 0 radical (unpaired) electrons. The molecule has 0 aromatic rings. The molecule has 0 heterocycles. The number of methoxy groups -OCH3 is 1. The third-order valence-corrected chi connectivity index (χ3v) is 2.34. The van der Waals surface area contributed by atoms with Crippen molar-refractivity contribution in [2.45, 2.75) is 52.5 Å². The molecule has 0 saturated heterocycles. The molecule has 1 unspecified atom stereocenters. The Morgan fingerprint density at radius 3 is 2.47 bits per heavy atom. The van der Waals surface area contributed by atoms with Crippen molar-refractivity contribution in [1.82, 2.24) is 5.32 Å². The molecule has 0 aromatic carbocycles. The van der Waals surface area contributed by atoms with Crippen molar-refractivity contribution < 1.29 is 9.53 Å². The van der Waals surface area contributed by atoms with Crippen molar-refractivity contribution in [2.75, 3.05) is 13.7 Å². The van der Waals surface area contributed by atoms with Crippen molar-refractivity contribution >= 4 is 5.91 Å². The van der Waals surface area contributed by atoms with Gasteiger partial charge in [-0.2, -0.15) is 0 Å². The molecule has 0 aromatic heterocycles. The maximum absolute atomic E-state index is 11.4. The normalized spacial score (nSPS) is 12.9. The zero-order valence-corrected chi connectivity index (χ0v) is 10.5. The molecule has 3 nitrogen and oxygen atoms in total. The topological polar surface area (TPSA) is 38.3 Å². The Hall–Kier alpha value is -0.570. The molecule has 90 valence electrons. The maximum Gasteiger partial charge on any atom is 0.220 e. The van der Waals surface area contributed by atoms with Crippen LogP contribution in [0.15, 0.2) is 0 Å². The highest BCUT2D eigenvalue weighted by Gasteiger charge is 2.07. The molecule has 0 bridgehead atoms. The van der Waals surface area contributed by atoms with Crippen molar-refractivity contribution in [3.63, 3.8) is 0 Å². The summed E-state index contributed by atoms with van der Waals surface area (Å²) in [7, 11) is 1.66. The van der Waals surface area contributed by atoms with Crippen molar-refractivity contribution in [2.24, 2.45) is 5.92 Å². The van der Waals surface area contributed by atoms with Crippen LogP contribution in [0.25, 0.3) is 0 Å². The summed E-state index contributed by atoms with van der Waals surface area (Å²) in [5.74, 6) is 0.848. The minimum atomic E-state index is 0.142. The zero-order chi connectivity index (χ0) is 11.7. The van der Waals surface area contributed by atoms with Crippen molar-refractivity contribution in [1.29, 1.82) is 0 Å². The smallest absolute Gasteiger partial charge is 0.220 e. The van der Waals surface area contributed by atoms with Gasteiger partial charge in [0.25, 0.3) is 0 Å². The van der Waals surface area contributed by atoms with Crippen LogP contribution in [0, 0.1) is 5.92 Å². The number of ether oxygens (including phenoxy) is 1. The van der Waals surface area contributed by atoms with Crippen LogP contribution in [-0.4, -0.2) is 25.7 Å². The van der Waals surface area contributed by atoms with Crippen LogP contribution in [0.2, 0.25) is 0 Å². The third kappa shape index (κ3) is 9.73. The van der Waals surface area contributed by atoms with Gasteiger partial charge in [-0.15, -0.1) is 0 Å². The third-order valence-electron chi connectivity index (χ3n) is 2.34.